The number of halogens is 2. The molecule has 0 fully saturated rings. The van der Waals surface area contributed by atoms with E-state index in [-0.39, 0.29) is 18.4 Å². The Balaban J connectivity index is 1.62. The normalized spacial score (nSPS) is 10.6. The van der Waals surface area contributed by atoms with Crippen molar-refractivity contribution in [2.45, 2.75) is 0 Å². The molecule has 0 spiro atoms. The number of ether oxygens (including phenoxy) is 3. The van der Waals surface area contributed by atoms with Gasteiger partial charge in [-0.1, -0.05) is 17.7 Å². The van der Waals surface area contributed by atoms with Crippen LogP contribution in [0.2, 0.25) is 5.02 Å². The fourth-order valence-electron chi connectivity index (χ4n) is 2.82. The number of nitrogens with one attached hydrogen (secondary N) is 2. The summed E-state index contributed by atoms with van der Waals surface area (Å²) in [5.74, 6) is 0.582. The van der Waals surface area contributed by atoms with Crippen LogP contribution in [0.15, 0.2) is 70.2 Å². The molecule has 0 atom stereocenters. The zero-order valence-electron chi connectivity index (χ0n) is 18.3. The molecule has 0 saturated carbocycles. The van der Waals surface area contributed by atoms with Gasteiger partial charge < -0.3 is 19.5 Å². The molecule has 2 N–H and O–H groups in total. The van der Waals surface area contributed by atoms with Crippen LogP contribution in [0.3, 0.4) is 0 Å². The number of carbonyl (C=O) groups excluding carboxylic acids is 2. The number of nitrogens with zero attached hydrogens (tertiary/aromatic N) is 1. The summed E-state index contributed by atoms with van der Waals surface area (Å²) < 4.78 is 16.7. The molecule has 0 aliphatic heterocycles. The highest BCUT2D eigenvalue weighted by molar-refractivity contribution is 9.10. The summed E-state index contributed by atoms with van der Waals surface area (Å²) >= 11 is 9.27. The second-order valence-corrected chi connectivity index (χ2v) is 8.10. The standard InChI is InChI=1S/C24H21BrClN3O5/c1-32-19-5-3-4-16(12-19)24(31)29-27-13-15-10-20(25)23(21(11-15)33-2)34-14-22(30)28-18-8-6-17(26)7-9-18/h3-13H,14H2,1-2H3,(H,28,30)(H,29,31)/b27-13+. The highest BCUT2D eigenvalue weighted by Gasteiger charge is 2.14. The van der Waals surface area contributed by atoms with Crippen LogP contribution in [0.4, 0.5) is 5.69 Å². The molecule has 0 aliphatic carbocycles. The van der Waals surface area contributed by atoms with Crippen molar-refractivity contribution in [2.24, 2.45) is 5.10 Å². The Morgan fingerprint density at radius 2 is 1.82 bits per heavy atom. The smallest absolute Gasteiger partial charge is 0.271 e. The van der Waals surface area contributed by atoms with Gasteiger partial charge in [-0.05, 0) is 76.1 Å². The predicted molar refractivity (Wildman–Crippen MR) is 134 cm³/mol. The first-order valence-corrected chi connectivity index (χ1v) is 11.1. The van der Waals surface area contributed by atoms with E-state index in [1.165, 1.54) is 20.4 Å². The largest absolute Gasteiger partial charge is 0.497 e. The molecule has 0 bridgehead atoms. The third-order valence-corrected chi connectivity index (χ3v) is 5.28. The molecule has 8 nitrogen and oxygen atoms in total. The molecule has 10 heteroatoms. The molecule has 0 saturated heterocycles. The van der Waals surface area contributed by atoms with Gasteiger partial charge in [0.1, 0.15) is 5.75 Å². The van der Waals surface area contributed by atoms with E-state index in [1.54, 1.807) is 60.7 Å². The highest BCUT2D eigenvalue weighted by atomic mass is 79.9. The Hall–Kier alpha value is -3.56. The lowest BCUT2D eigenvalue weighted by molar-refractivity contribution is -0.118. The van der Waals surface area contributed by atoms with Crippen LogP contribution in [0.5, 0.6) is 17.2 Å². The summed E-state index contributed by atoms with van der Waals surface area (Å²) in [4.78, 5) is 24.5. The van der Waals surface area contributed by atoms with Crippen LogP contribution in [-0.2, 0) is 4.79 Å². The van der Waals surface area contributed by atoms with Gasteiger partial charge in [-0.15, -0.1) is 0 Å². The monoisotopic (exact) mass is 545 g/mol. The number of amides is 2. The fourth-order valence-corrected chi connectivity index (χ4v) is 3.52. The molecule has 34 heavy (non-hydrogen) atoms. The van der Waals surface area contributed by atoms with Crippen LogP contribution < -0.4 is 25.0 Å². The number of benzene rings is 3. The van der Waals surface area contributed by atoms with Gasteiger partial charge in [0.15, 0.2) is 18.1 Å². The first kappa shape index (κ1) is 25.1. The van der Waals surface area contributed by atoms with Gasteiger partial charge in [-0.3, -0.25) is 9.59 Å². The van der Waals surface area contributed by atoms with E-state index < -0.39 is 0 Å². The summed E-state index contributed by atoms with van der Waals surface area (Å²) in [6, 6.07) is 16.9. The Morgan fingerprint density at radius 1 is 1.06 bits per heavy atom. The van der Waals surface area contributed by atoms with Gasteiger partial charge in [0.2, 0.25) is 0 Å². The van der Waals surface area contributed by atoms with E-state index in [4.69, 9.17) is 25.8 Å². The maximum Gasteiger partial charge on any atom is 0.271 e. The van der Waals surface area contributed by atoms with Crippen molar-refractivity contribution in [3.8, 4) is 17.2 Å². The van der Waals surface area contributed by atoms with Crippen molar-refractivity contribution in [3.05, 3.63) is 81.3 Å². The Kier molecular flexibility index (Phi) is 8.89. The van der Waals surface area contributed by atoms with Crippen LogP contribution in [0.25, 0.3) is 0 Å². The fraction of sp³-hybridized carbons (Fsp3) is 0.125. The molecule has 176 valence electrons. The average Bonchev–Trinajstić information content (AvgIpc) is 2.84. The van der Waals surface area contributed by atoms with Gasteiger partial charge in [-0.2, -0.15) is 5.10 Å². The Morgan fingerprint density at radius 3 is 2.53 bits per heavy atom. The molecule has 0 aliphatic rings. The van der Waals surface area contributed by atoms with Crippen molar-refractivity contribution in [3.63, 3.8) is 0 Å². The van der Waals surface area contributed by atoms with Crippen LogP contribution >= 0.6 is 27.5 Å². The van der Waals surface area contributed by atoms with E-state index in [9.17, 15) is 9.59 Å². The average molecular weight is 547 g/mol. The lowest BCUT2D eigenvalue weighted by atomic mass is 10.2. The Labute approximate surface area is 210 Å². The minimum absolute atomic E-state index is 0.235. The van der Waals surface area contributed by atoms with E-state index in [0.29, 0.717) is 43.6 Å². The van der Waals surface area contributed by atoms with Gasteiger partial charge >= 0.3 is 0 Å². The number of anilines is 1. The maximum atomic E-state index is 12.3. The van der Waals surface area contributed by atoms with Crippen molar-refractivity contribution in [1.29, 1.82) is 0 Å². The minimum atomic E-state index is -0.382. The molecule has 3 aromatic rings. The summed E-state index contributed by atoms with van der Waals surface area (Å²) in [7, 11) is 3.01. The first-order valence-electron chi connectivity index (χ1n) is 9.93. The SMILES string of the molecule is COc1cccc(C(=O)N/N=C/c2cc(Br)c(OCC(=O)Nc3ccc(Cl)cc3)c(OC)c2)c1. The first-order chi connectivity index (χ1) is 16.4. The van der Waals surface area contributed by atoms with Gasteiger partial charge in [-0.25, -0.2) is 5.43 Å². The van der Waals surface area contributed by atoms with Gasteiger partial charge in [0.05, 0.1) is 24.9 Å². The van der Waals surface area contributed by atoms with E-state index in [1.807, 2.05) is 0 Å². The van der Waals surface area contributed by atoms with Gasteiger partial charge in [0.25, 0.3) is 11.8 Å². The van der Waals surface area contributed by atoms with E-state index in [0.717, 1.165) is 0 Å². The molecular weight excluding hydrogens is 526 g/mol. The van der Waals surface area contributed by atoms with E-state index >= 15 is 0 Å². The number of carbonyl (C=O) groups is 2. The molecule has 0 radical (unpaired) electrons. The molecule has 3 rings (SSSR count). The summed E-state index contributed by atoms with van der Waals surface area (Å²) in [5, 5.41) is 7.29. The maximum absolute atomic E-state index is 12.3. The number of rotatable bonds is 9. The van der Waals surface area contributed by atoms with Crippen LogP contribution in [0, 0.1) is 0 Å². The Bertz CT molecular complexity index is 1200. The topological polar surface area (TPSA) is 98.3 Å². The summed E-state index contributed by atoms with van der Waals surface area (Å²) in [6.07, 6.45) is 1.46. The molecule has 0 heterocycles. The molecule has 0 unspecified atom stereocenters. The summed E-state index contributed by atoms with van der Waals surface area (Å²) in [6.45, 7) is -0.235. The summed E-state index contributed by atoms with van der Waals surface area (Å²) in [5.41, 5.74) is 4.11. The lowest BCUT2D eigenvalue weighted by Gasteiger charge is -2.13. The van der Waals surface area contributed by atoms with Crippen LogP contribution in [-0.4, -0.2) is 38.9 Å². The number of hydrazone groups is 1. The lowest BCUT2D eigenvalue weighted by Crippen LogP contribution is -2.20. The van der Waals surface area contributed by atoms with Crippen molar-refractivity contribution < 1.29 is 23.8 Å². The van der Waals surface area contributed by atoms with Crippen molar-refractivity contribution >= 4 is 51.2 Å². The zero-order valence-corrected chi connectivity index (χ0v) is 20.6. The highest BCUT2D eigenvalue weighted by Crippen LogP contribution is 2.36. The number of hydrogen-bond acceptors (Lipinski definition) is 6. The van der Waals surface area contributed by atoms with E-state index in [2.05, 4.69) is 31.8 Å². The third-order valence-electron chi connectivity index (χ3n) is 4.44. The number of hydrogen-bond donors (Lipinski definition) is 2. The van der Waals surface area contributed by atoms with Crippen molar-refractivity contribution in [1.82, 2.24) is 5.43 Å². The quantitative estimate of drug-likeness (QED) is 0.294. The van der Waals surface area contributed by atoms with Gasteiger partial charge in [0, 0.05) is 16.3 Å². The second kappa shape index (κ2) is 12.1. The third kappa shape index (κ3) is 6.97. The number of methoxy groups -OCH3 is 2. The zero-order chi connectivity index (χ0) is 24.5. The molecular formula is C24H21BrClN3O5. The predicted octanol–water partition coefficient (Wildman–Crippen LogP) is 4.90. The molecule has 0 aromatic heterocycles. The van der Waals surface area contributed by atoms with Crippen molar-refractivity contribution in [2.75, 3.05) is 26.1 Å². The van der Waals surface area contributed by atoms with Crippen LogP contribution in [0.1, 0.15) is 15.9 Å². The molecule has 2 amide bonds. The second-order valence-electron chi connectivity index (χ2n) is 6.81. The molecule has 3 aromatic carbocycles. The minimum Gasteiger partial charge on any atom is -0.497 e.